The number of amides is 1. The average Bonchev–Trinajstić information content (AvgIpc) is 2.04. The van der Waals surface area contributed by atoms with E-state index in [2.05, 4.69) is 5.32 Å². The number of alkyl halides is 2. The largest absolute Gasteiger partial charge is 0.345 e. The molecule has 3 nitrogen and oxygen atoms in total. The van der Waals surface area contributed by atoms with Gasteiger partial charge in [0.1, 0.15) is 0 Å². The van der Waals surface area contributed by atoms with E-state index in [9.17, 15) is 13.6 Å². The van der Waals surface area contributed by atoms with Crippen molar-refractivity contribution in [3.8, 4) is 0 Å². The second-order valence-corrected chi connectivity index (χ2v) is 3.16. The number of carbonyl (C=O) groups is 1. The standard InChI is InChI=1S/C8H16F2N2O/c1-3-6(13)12-8(2,4-5-11)7(9)10/h7H,3-5,11H2,1-2H3,(H,12,13). The normalized spacial score (nSPS) is 15.5. The third kappa shape index (κ3) is 3.67. The fourth-order valence-electron chi connectivity index (χ4n) is 0.933. The van der Waals surface area contributed by atoms with Gasteiger partial charge in [-0.05, 0) is 19.9 Å². The van der Waals surface area contributed by atoms with Crippen LogP contribution in [0.15, 0.2) is 0 Å². The molecule has 1 amide bonds. The predicted molar refractivity (Wildman–Crippen MR) is 46.5 cm³/mol. The van der Waals surface area contributed by atoms with Crippen LogP contribution in [-0.4, -0.2) is 24.4 Å². The van der Waals surface area contributed by atoms with E-state index in [0.29, 0.717) is 0 Å². The molecule has 0 aliphatic heterocycles. The van der Waals surface area contributed by atoms with E-state index < -0.39 is 12.0 Å². The van der Waals surface area contributed by atoms with E-state index in [4.69, 9.17) is 5.73 Å². The lowest BCUT2D eigenvalue weighted by Crippen LogP contribution is -2.52. The molecule has 0 saturated heterocycles. The molecule has 0 rings (SSSR count). The first-order valence-corrected chi connectivity index (χ1v) is 4.25. The van der Waals surface area contributed by atoms with Gasteiger partial charge < -0.3 is 11.1 Å². The Morgan fingerprint density at radius 1 is 1.62 bits per heavy atom. The van der Waals surface area contributed by atoms with Gasteiger partial charge in [-0.1, -0.05) is 6.92 Å². The molecule has 0 radical (unpaired) electrons. The van der Waals surface area contributed by atoms with Crippen LogP contribution < -0.4 is 11.1 Å². The Hall–Kier alpha value is -0.710. The Labute approximate surface area is 76.7 Å². The van der Waals surface area contributed by atoms with E-state index in [1.54, 1.807) is 6.92 Å². The van der Waals surface area contributed by atoms with E-state index in [-0.39, 0.29) is 25.3 Å². The third-order valence-corrected chi connectivity index (χ3v) is 1.89. The van der Waals surface area contributed by atoms with Crippen LogP contribution in [0.3, 0.4) is 0 Å². The Morgan fingerprint density at radius 2 is 2.15 bits per heavy atom. The first-order valence-electron chi connectivity index (χ1n) is 4.25. The van der Waals surface area contributed by atoms with Crippen LogP contribution in [0.4, 0.5) is 8.78 Å². The summed E-state index contributed by atoms with van der Waals surface area (Å²) in [5.41, 5.74) is 3.70. The summed E-state index contributed by atoms with van der Waals surface area (Å²) in [4.78, 5) is 10.9. The van der Waals surface area contributed by atoms with Gasteiger partial charge >= 0.3 is 0 Å². The summed E-state index contributed by atoms with van der Waals surface area (Å²) in [6.45, 7) is 3.05. The van der Waals surface area contributed by atoms with Gasteiger partial charge in [0.2, 0.25) is 5.91 Å². The Bertz CT molecular complexity index is 176. The van der Waals surface area contributed by atoms with Crippen LogP contribution in [0.5, 0.6) is 0 Å². The second kappa shape index (κ2) is 5.11. The maximum Gasteiger partial charge on any atom is 0.261 e. The molecule has 0 fully saturated rings. The van der Waals surface area contributed by atoms with Gasteiger partial charge in [0, 0.05) is 6.42 Å². The molecular weight excluding hydrogens is 178 g/mol. The molecule has 78 valence electrons. The lowest BCUT2D eigenvalue weighted by atomic mass is 9.98. The molecule has 0 aromatic heterocycles. The highest BCUT2D eigenvalue weighted by Gasteiger charge is 2.35. The lowest BCUT2D eigenvalue weighted by molar-refractivity contribution is -0.125. The number of nitrogens with two attached hydrogens (primary N) is 1. The van der Waals surface area contributed by atoms with E-state index >= 15 is 0 Å². The van der Waals surface area contributed by atoms with Gasteiger partial charge in [-0.15, -0.1) is 0 Å². The molecule has 0 bridgehead atoms. The van der Waals surface area contributed by atoms with E-state index in [0.717, 1.165) is 0 Å². The number of halogens is 2. The van der Waals surface area contributed by atoms with Crippen molar-refractivity contribution in [2.75, 3.05) is 6.54 Å². The zero-order valence-electron chi connectivity index (χ0n) is 7.94. The monoisotopic (exact) mass is 194 g/mol. The van der Waals surface area contributed by atoms with Crippen LogP contribution in [0.25, 0.3) is 0 Å². The van der Waals surface area contributed by atoms with Crippen molar-refractivity contribution in [1.82, 2.24) is 5.32 Å². The molecule has 0 spiro atoms. The third-order valence-electron chi connectivity index (χ3n) is 1.89. The highest BCUT2D eigenvalue weighted by molar-refractivity contribution is 5.76. The molecule has 0 saturated carbocycles. The Kier molecular flexibility index (Phi) is 4.83. The number of hydrogen-bond acceptors (Lipinski definition) is 2. The van der Waals surface area contributed by atoms with Crippen LogP contribution in [0.1, 0.15) is 26.7 Å². The fourth-order valence-corrected chi connectivity index (χ4v) is 0.933. The maximum atomic E-state index is 12.5. The molecule has 1 unspecified atom stereocenters. The minimum absolute atomic E-state index is 0.0798. The van der Waals surface area contributed by atoms with Gasteiger partial charge in [-0.3, -0.25) is 4.79 Å². The summed E-state index contributed by atoms with van der Waals surface area (Å²) in [6.07, 6.45) is -2.31. The molecule has 13 heavy (non-hydrogen) atoms. The molecule has 1 atom stereocenters. The zero-order chi connectivity index (χ0) is 10.5. The molecule has 0 aromatic carbocycles. The Morgan fingerprint density at radius 3 is 2.46 bits per heavy atom. The molecule has 0 aliphatic carbocycles. The number of hydrogen-bond donors (Lipinski definition) is 2. The van der Waals surface area contributed by atoms with Crippen molar-refractivity contribution in [1.29, 1.82) is 0 Å². The first-order chi connectivity index (χ1) is 5.96. The molecule has 0 aliphatic rings. The van der Waals surface area contributed by atoms with Crippen LogP contribution >= 0.6 is 0 Å². The van der Waals surface area contributed by atoms with E-state index in [1.807, 2.05) is 0 Å². The van der Waals surface area contributed by atoms with Crippen molar-refractivity contribution in [2.24, 2.45) is 5.73 Å². The van der Waals surface area contributed by atoms with Crippen LogP contribution in [0.2, 0.25) is 0 Å². The fraction of sp³-hybridized carbons (Fsp3) is 0.875. The van der Waals surface area contributed by atoms with E-state index in [1.165, 1.54) is 6.92 Å². The van der Waals surface area contributed by atoms with Crippen molar-refractivity contribution >= 4 is 5.91 Å². The summed E-state index contributed by atoms with van der Waals surface area (Å²) in [6, 6.07) is 0. The van der Waals surface area contributed by atoms with Crippen molar-refractivity contribution in [2.45, 2.75) is 38.7 Å². The highest BCUT2D eigenvalue weighted by Crippen LogP contribution is 2.18. The summed E-state index contributed by atoms with van der Waals surface area (Å²) in [7, 11) is 0. The molecule has 0 aromatic rings. The summed E-state index contributed by atoms with van der Waals surface area (Å²) < 4.78 is 25.0. The SMILES string of the molecule is CCC(=O)NC(C)(CCN)C(F)F. The van der Waals surface area contributed by atoms with Gasteiger partial charge in [-0.2, -0.15) is 0 Å². The van der Waals surface area contributed by atoms with Crippen molar-refractivity contribution in [3.63, 3.8) is 0 Å². The van der Waals surface area contributed by atoms with Gasteiger partial charge in [-0.25, -0.2) is 8.78 Å². The number of nitrogens with one attached hydrogen (secondary N) is 1. The molecule has 3 N–H and O–H groups in total. The smallest absolute Gasteiger partial charge is 0.261 e. The second-order valence-electron chi connectivity index (χ2n) is 3.16. The highest BCUT2D eigenvalue weighted by atomic mass is 19.3. The minimum atomic E-state index is -2.59. The molecular formula is C8H16F2N2O. The van der Waals surface area contributed by atoms with Crippen molar-refractivity contribution < 1.29 is 13.6 Å². The van der Waals surface area contributed by atoms with Gasteiger partial charge in [0.15, 0.2) is 0 Å². The number of carbonyl (C=O) groups excluding carboxylic acids is 1. The zero-order valence-corrected chi connectivity index (χ0v) is 7.94. The summed E-state index contributed by atoms with van der Waals surface area (Å²) >= 11 is 0. The van der Waals surface area contributed by atoms with Crippen LogP contribution in [0, 0.1) is 0 Å². The lowest BCUT2D eigenvalue weighted by Gasteiger charge is -2.29. The number of rotatable bonds is 5. The Balaban J connectivity index is 4.31. The summed E-state index contributed by atoms with van der Waals surface area (Å²) in [5, 5.41) is 2.27. The molecule has 0 heterocycles. The minimum Gasteiger partial charge on any atom is -0.345 e. The average molecular weight is 194 g/mol. The maximum absolute atomic E-state index is 12.5. The quantitative estimate of drug-likeness (QED) is 0.682. The first kappa shape index (κ1) is 12.3. The van der Waals surface area contributed by atoms with Crippen LogP contribution in [-0.2, 0) is 4.79 Å². The van der Waals surface area contributed by atoms with Gasteiger partial charge in [0.05, 0.1) is 5.54 Å². The van der Waals surface area contributed by atoms with Crippen molar-refractivity contribution in [3.05, 3.63) is 0 Å². The predicted octanol–water partition coefficient (Wildman–Crippen LogP) is 0.885. The summed E-state index contributed by atoms with van der Waals surface area (Å²) in [5.74, 6) is -0.378. The topological polar surface area (TPSA) is 55.1 Å². The molecule has 5 heteroatoms. The van der Waals surface area contributed by atoms with Gasteiger partial charge in [0.25, 0.3) is 6.43 Å².